The van der Waals surface area contributed by atoms with E-state index in [1.807, 2.05) is 18.2 Å². The van der Waals surface area contributed by atoms with E-state index in [2.05, 4.69) is 22.9 Å². The van der Waals surface area contributed by atoms with Crippen molar-refractivity contribution in [2.24, 2.45) is 0 Å². The third-order valence-electron chi connectivity index (χ3n) is 4.97. The molecule has 154 valence electrons. The fourth-order valence-electron chi connectivity index (χ4n) is 3.59. The summed E-state index contributed by atoms with van der Waals surface area (Å²) in [7, 11) is 0. The number of carbonyl (C=O) groups is 1. The molecule has 1 amide bonds. The van der Waals surface area contributed by atoms with Crippen LogP contribution >= 0.6 is 23.2 Å². The lowest BCUT2D eigenvalue weighted by Gasteiger charge is -2.37. The van der Waals surface area contributed by atoms with E-state index in [4.69, 9.17) is 27.9 Å². The highest BCUT2D eigenvalue weighted by Crippen LogP contribution is 2.37. The monoisotopic (exact) mass is 441 g/mol. The molecule has 0 spiro atoms. The topological polar surface area (TPSA) is 45.7 Å². The summed E-state index contributed by atoms with van der Waals surface area (Å²) in [6.07, 6.45) is 4.15. The summed E-state index contributed by atoms with van der Waals surface area (Å²) < 4.78 is 5.97. The second kappa shape index (κ2) is 8.94. The molecule has 5 nitrogen and oxygen atoms in total. The lowest BCUT2D eigenvalue weighted by molar-refractivity contribution is 0.0984. The summed E-state index contributed by atoms with van der Waals surface area (Å²) in [5.41, 5.74) is 2.31. The van der Waals surface area contributed by atoms with Gasteiger partial charge in [0.25, 0.3) is 5.91 Å². The van der Waals surface area contributed by atoms with E-state index in [1.54, 1.807) is 35.4 Å². The van der Waals surface area contributed by atoms with Crippen LogP contribution in [0.4, 0.5) is 11.4 Å². The number of benzene rings is 2. The fraction of sp³-hybridized carbons (Fsp3) is 0.217. The molecular formula is C23H21Cl2N3O2. The first-order valence-electron chi connectivity index (χ1n) is 9.81. The van der Waals surface area contributed by atoms with E-state index in [0.29, 0.717) is 33.7 Å². The normalized spacial score (nSPS) is 13.2. The summed E-state index contributed by atoms with van der Waals surface area (Å²) in [5.74, 6) is 0.602. The molecule has 0 atom stereocenters. The van der Waals surface area contributed by atoms with Gasteiger partial charge in [-0.15, -0.1) is 0 Å². The summed E-state index contributed by atoms with van der Waals surface area (Å²) >= 11 is 12.3. The maximum atomic E-state index is 13.5. The Balaban J connectivity index is 1.68. The van der Waals surface area contributed by atoms with Crippen molar-refractivity contribution in [3.05, 3.63) is 76.5 Å². The van der Waals surface area contributed by atoms with Crippen LogP contribution in [0.15, 0.2) is 60.9 Å². The van der Waals surface area contributed by atoms with Crippen molar-refractivity contribution in [2.75, 3.05) is 29.4 Å². The first-order chi connectivity index (χ1) is 14.6. The highest BCUT2D eigenvalue weighted by molar-refractivity contribution is 6.34. The van der Waals surface area contributed by atoms with E-state index >= 15 is 0 Å². The maximum absolute atomic E-state index is 13.5. The number of pyridine rings is 1. The van der Waals surface area contributed by atoms with Gasteiger partial charge in [-0.3, -0.25) is 9.78 Å². The molecule has 0 radical (unpaired) electrons. The van der Waals surface area contributed by atoms with Gasteiger partial charge in [-0.2, -0.15) is 0 Å². The van der Waals surface area contributed by atoms with E-state index in [1.165, 1.54) is 6.20 Å². The number of rotatable bonds is 5. The number of ether oxygens (including phenoxy) is 1. The molecule has 2 aromatic carbocycles. The van der Waals surface area contributed by atoms with Crippen LogP contribution in [0.3, 0.4) is 0 Å². The first kappa shape index (κ1) is 20.5. The Morgan fingerprint density at radius 3 is 2.67 bits per heavy atom. The van der Waals surface area contributed by atoms with E-state index in [-0.39, 0.29) is 5.91 Å². The van der Waals surface area contributed by atoms with E-state index < -0.39 is 0 Å². The second-order valence-corrected chi connectivity index (χ2v) is 7.82. The summed E-state index contributed by atoms with van der Waals surface area (Å²) in [6.45, 7) is 4.46. The molecule has 3 aromatic rings. The Morgan fingerprint density at radius 2 is 1.87 bits per heavy atom. The molecule has 7 heteroatoms. The average Bonchev–Trinajstić information content (AvgIpc) is 2.77. The average molecular weight is 442 g/mol. The first-order valence-corrected chi connectivity index (χ1v) is 10.6. The van der Waals surface area contributed by atoms with E-state index in [9.17, 15) is 4.79 Å². The van der Waals surface area contributed by atoms with Crippen LogP contribution in [0.2, 0.25) is 10.0 Å². The van der Waals surface area contributed by atoms with Gasteiger partial charge in [0.2, 0.25) is 0 Å². The zero-order chi connectivity index (χ0) is 21.1. The SMILES string of the molecule is CCCN1CCN(C(=O)c2cnccc2Oc2cc(Cl)ccc2Cl)c2ccccc21. The van der Waals surface area contributed by atoms with Crippen molar-refractivity contribution >= 4 is 40.5 Å². The number of anilines is 2. The van der Waals surface area contributed by atoms with Crippen LogP contribution in [0.5, 0.6) is 11.5 Å². The van der Waals surface area contributed by atoms with Crippen LogP contribution in [0.1, 0.15) is 23.7 Å². The van der Waals surface area contributed by atoms with Crippen molar-refractivity contribution in [3.63, 3.8) is 0 Å². The number of fused-ring (bicyclic) bond motifs is 1. The smallest absolute Gasteiger partial charge is 0.263 e. The Morgan fingerprint density at radius 1 is 1.07 bits per heavy atom. The molecule has 2 heterocycles. The van der Waals surface area contributed by atoms with Gasteiger partial charge >= 0.3 is 0 Å². The van der Waals surface area contributed by atoms with Gasteiger partial charge in [-0.1, -0.05) is 42.3 Å². The predicted octanol–water partition coefficient (Wildman–Crippen LogP) is 6.06. The van der Waals surface area contributed by atoms with Crippen molar-refractivity contribution in [2.45, 2.75) is 13.3 Å². The Hall–Kier alpha value is -2.76. The number of hydrogen-bond acceptors (Lipinski definition) is 4. The molecular weight excluding hydrogens is 421 g/mol. The maximum Gasteiger partial charge on any atom is 0.263 e. The van der Waals surface area contributed by atoms with Crippen molar-refractivity contribution in [1.29, 1.82) is 0 Å². The molecule has 4 rings (SSSR count). The minimum absolute atomic E-state index is 0.167. The van der Waals surface area contributed by atoms with Crippen molar-refractivity contribution in [3.8, 4) is 11.5 Å². The molecule has 1 aliphatic heterocycles. The molecule has 0 bridgehead atoms. The van der Waals surface area contributed by atoms with Gasteiger partial charge in [-0.25, -0.2) is 0 Å². The van der Waals surface area contributed by atoms with Gasteiger partial charge in [0.15, 0.2) is 0 Å². The van der Waals surface area contributed by atoms with Gasteiger partial charge in [0.1, 0.15) is 17.1 Å². The minimum atomic E-state index is -0.167. The highest BCUT2D eigenvalue weighted by atomic mass is 35.5. The van der Waals surface area contributed by atoms with Crippen molar-refractivity contribution < 1.29 is 9.53 Å². The van der Waals surface area contributed by atoms with Gasteiger partial charge < -0.3 is 14.5 Å². The van der Waals surface area contributed by atoms with Crippen LogP contribution < -0.4 is 14.5 Å². The Bertz CT molecular complexity index is 1070. The fourth-order valence-corrected chi connectivity index (χ4v) is 3.90. The van der Waals surface area contributed by atoms with Gasteiger partial charge in [-0.05, 0) is 36.8 Å². The number of amides is 1. The van der Waals surface area contributed by atoms with Crippen LogP contribution in [-0.4, -0.2) is 30.5 Å². The summed E-state index contributed by atoms with van der Waals surface area (Å²) in [5, 5.41) is 0.908. The number of carbonyl (C=O) groups excluding carboxylic acids is 1. The minimum Gasteiger partial charge on any atom is -0.455 e. The molecule has 0 unspecified atom stereocenters. The van der Waals surface area contributed by atoms with Gasteiger partial charge in [0, 0.05) is 43.1 Å². The molecule has 0 fully saturated rings. The number of halogens is 2. The Labute approximate surface area is 185 Å². The number of aromatic nitrogens is 1. The van der Waals surface area contributed by atoms with Crippen LogP contribution in [0.25, 0.3) is 0 Å². The Kier molecular flexibility index (Phi) is 6.11. The molecule has 0 aliphatic carbocycles. The van der Waals surface area contributed by atoms with E-state index in [0.717, 1.165) is 30.9 Å². The number of hydrogen-bond donors (Lipinski definition) is 0. The van der Waals surface area contributed by atoms with Crippen LogP contribution in [-0.2, 0) is 0 Å². The molecule has 0 N–H and O–H groups in total. The number of nitrogens with zero attached hydrogens (tertiary/aromatic N) is 3. The molecule has 0 saturated heterocycles. The zero-order valence-electron chi connectivity index (χ0n) is 16.5. The lowest BCUT2D eigenvalue weighted by atomic mass is 10.1. The highest BCUT2D eigenvalue weighted by Gasteiger charge is 2.29. The second-order valence-electron chi connectivity index (χ2n) is 6.98. The molecule has 1 aromatic heterocycles. The predicted molar refractivity (Wildman–Crippen MR) is 121 cm³/mol. The summed E-state index contributed by atoms with van der Waals surface area (Å²) in [4.78, 5) is 21.8. The summed E-state index contributed by atoms with van der Waals surface area (Å²) in [6, 6.07) is 14.6. The van der Waals surface area contributed by atoms with Crippen LogP contribution in [0, 0.1) is 0 Å². The molecule has 0 saturated carbocycles. The lowest BCUT2D eigenvalue weighted by Crippen LogP contribution is -2.44. The quantitative estimate of drug-likeness (QED) is 0.482. The van der Waals surface area contributed by atoms with Crippen molar-refractivity contribution in [1.82, 2.24) is 4.98 Å². The molecule has 1 aliphatic rings. The third kappa shape index (κ3) is 4.09. The zero-order valence-corrected chi connectivity index (χ0v) is 18.0. The van der Waals surface area contributed by atoms with Gasteiger partial charge in [0.05, 0.1) is 16.4 Å². The largest absolute Gasteiger partial charge is 0.455 e. The standard InChI is InChI=1S/C23H21Cl2N3O2/c1-2-11-27-12-13-28(20-6-4-3-5-19(20)27)23(29)17-15-26-10-9-21(17)30-22-14-16(24)7-8-18(22)25/h3-10,14-15H,2,11-13H2,1H3. The number of para-hydroxylation sites is 2. The molecule has 30 heavy (non-hydrogen) atoms. The third-order valence-corrected chi connectivity index (χ3v) is 5.52.